The fourth-order valence-corrected chi connectivity index (χ4v) is 1.66. The number of pyridine rings is 1. The predicted molar refractivity (Wildman–Crippen MR) is 67.0 cm³/mol. The average Bonchev–Trinajstić information content (AvgIpc) is 2.26. The molecule has 84 valence electrons. The SMILES string of the molecule is COc1ccc2cc(C(C)(C)C)ncc2c1. The van der Waals surface area contributed by atoms with Gasteiger partial charge in [-0.2, -0.15) is 0 Å². The van der Waals surface area contributed by atoms with Crippen LogP contribution in [0.2, 0.25) is 0 Å². The van der Waals surface area contributed by atoms with Gasteiger partial charge in [-0.15, -0.1) is 0 Å². The highest BCUT2D eigenvalue weighted by Gasteiger charge is 2.15. The number of fused-ring (bicyclic) bond motifs is 1. The van der Waals surface area contributed by atoms with Crippen molar-refractivity contribution in [3.63, 3.8) is 0 Å². The molecule has 0 amide bonds. The van der Waals surface area contributed by atoms with Crippen LogP contribution in [0.3, 0.4) is 0 Å². The van der Waals surface area contributed by atoms with Gasteiger partial charge in [-0.25, -0.2) is 0 Å². The molecule has 1 heterocycles. The largest absolute Gasteiger partial charge is 0.497 e. The van der Waals surface area contributed by atoms with Crippen molar-refractivity contribution in [3.05, 3.63) is 36.2 Å². The van der Waals surface area contributed by atoms with Gasteiger partial charge >= 0.3 is 0 Å². The van der Waals surface area contributed by atoms with Crippen LogP contribution in [0.5, 0.6) is 5.75 Å². The first-order chi connectivity index (χ1) is 7.50. The summed E-state index contributed by atoms with van der Waals surface area (Å²) < 4.78 is 5.19. The highest BCUT2D eigenvalue weighted by atomic mass is 16.5. The van der Waals surface area contributed by atoms with Gasteiger partial charge in [0.05, 0.1) is 7.11 Å². The lowest BCUT2D eigenvalue weighted by Gasteiger charge is -2.18. The zero-order valence-electron chi connectivity index (χ0n) is 10.2. The maximum Gasteiger partial charge on any atom is 0.119 e. The van der Waals surface area contributed by atoms with Gasteiger partial charge in [0, 0.05) is 22.7 Å². The Morgan fingerprint density at radius 3 is 2.44 bits per heavy atom. The Kier molecular flexibility index (Phi) is 2.58. The van der Waals surface area contributed by atoms with Crippen LogP contribution in [-0.2, 0) is 5.41 Å². The number of hydrogen-bond acceptors (Lipinski definition) is 2. The summed E-state index contributed by atoms with van der Waals surface area (Å²) in [5.41, 5.74) is 1.21. The standard InChI is InChI=1S/C14H17NO/c1-14(2,3)13-8-10-5-6-12(16-4)7-11(10)9-15-13/h5-9H,1-4H3. The molecule has 2 nitrogen and oxygen atoms in total. The van der Waals surface area contributed by atoms with Crippen LogP contribution in [0.15, 0.2) is 30.5 Å². The van der Waals surface area contributed by atoms with Gasteiger partial charge in [0.15, 0.2) is 0 Å². The summed E-state index contributed by atoms with van der Waals surface area (Å²) >= 11 is 0. The number of methoxy groups -OCH3 is 1. The van der Waals surface area contributed by atoms with Crippen molar-refractivity contribution in [1.29, 1.82) is 0 Å². The van der Waals surface area contributed by atoms with Crippen LogP contribution >= 0.6 is 0 Å². The second kappa shape index (κ2) is 3.78. The van der Waals surface area contributed by atoms with Gasteiger partial charge in [0.1, 0.15) is 5.75 Å². The molecule has 16 heavy (non-hydrogen) atoms. The van der Waals surface area contributed by atoms with E-state index in [4.69, 9.17) is 4.74 Å². The van der Waals surface area contributed by atoms with Crippen LogP contribution in [0.1, 0.15) is 26.5 Å². The van der Waals surface area contributed by atoms with Gasteiger partial charge in [-0.3, -0.25) is 4.98 Å². The van der Waals surface area contributed by atoms with Crippen molar-refractivity contribution < 1.29 is 4.74 Å². The quantitative estimate of drug-likeness (QED) is 0.726. The summed E-state index contributed by atoms with van der Waals surface area (Å²) in [5.74, 6) is 0.873. The molecule has 1 aromatic carbocycles. The molecule has 0 saturated heterocycles. The van der Waals surface area contributed by atoms with E-state index in [0.717, 1.165) is 16.8 Å². The minimum atomic E-state index is 0.0914. The van der Waals surface area contributed by atoms with E-state index in [2.05, 4.69) is 37.9 Å². The second-order valence-electron chi connectivity index (χ2n) is 5.03. The van der Waals surface area contributed by atoms with Crippen molar-refractivity contribution in [2.24, 2.45) is 0 Å². The predicted octanol–water partition coefficient (Wildman–Crippen LogP) is 3.54. The van der Waals surface area contributed by atoms with E-state index >= 15 is 0 Å². The number of benzene rings is 1. The minimum absolute atomic E-state index is 0.0914. The first-order valence-corrected chi connectivity index (χ1v) is 5.45. The molecule has 0 fully saturated rings. The summed E-state index contributed by atoms with van der Waals surface area (Å²) in [6.45, 7) is 6.51. The van der Waals surface area contributed by atoms with Crippen molar-refractivity contribution in [2.45, 2.75) is 26.2 Å². The van der Waals surface area contributed by atoms with Gasteiger partial charge in [0.2, 0.25) is 0 Å². The van der Waals surface area contributed by atoms with E-state index in [1.54, 1.807) is 7.11 Å². The number of aromatic nitrogens is 1. The van der Waals surface area contributed by atoms with Crippen LogP contribution in [0, 0.1) is 0 Å². The molecule has 0 N–H and O–H groups in total. The molecular formula is C14H17NO. The molecule has 0 spiro atoms. The van der Waals surface area contributed by atoms with Crippen molar-refractivity contribution in [3.8, 4) is 5.75 Å². The summed E-state index contributed by atoms with van der Waals surface area (Å²) in [6.07, 6.45) is 1.92. The Morgan fingerprint density at radius 1 is 1.06 bits per heavy atom. The first-order valence-electron chi connectivity index (χ1n) is 5.45. The van der Waals surface area contributed by atoms with E-state index in [0.29, 0.717) is 0 Å². The number of ether oxygens (including phenoxy) is 1. The van der Waals surface area contributed by atoms with Crippen LogP contribution in [0.4, 0.5) is 0 Å². The summed E-state index contributed by atoms with van der Waals surface area (Å²) in [6, 6.07) is 8.21. The molecule has 2 rings (SSSR count). The van der Waals surface area contributed by atoms with Gasteiger partial charge in [0.25, 0.3) is 0 Å². The summed E-state index contributed by atoms with van der Waals surface area (Å²) in [5, 5.41) is 2.33. The third-order valence-electron chi connectivity index (χ3n) is 2.70. The maximum atomic E-state index is 5.19. The highest BCUT2D eigenvalue weighted by Crippen LogP contribution is 2.25. The smallest absolute Gasteiger partial charge is 0.119 e. The van der Waals surface area contributed by atoms with Crippen LogP contribution < -0.4 is 4.74 Å². The van der Waals surface area contributed by atoms with Gasteiger partial charge < -0.3 is 4.74 Å². The molecule has 0 aliphatic heterocycles. The number of nitrogens with zero attached hydrogens (tertiary/aromatic N) is 1. The van der Waals surface area contributed by atoms with Crippen LogP contribution in [-0.4, -0.2) is 12.1 Å². The first kappa shape index (κ1) is 10.9. The Balaban J connectivity index is 2.56. The molecule has 2 aromatic rings. The van der Waals surface area contributed by atoms with E-state index in [-0.39, 0.29) is 5.41 Å². The maximum absolute atomic E-state index is 5.19. The van der Waals surface area contributed by atoms with E-state index in [1.807, 2.05) is 18.3 Å². The summed E-state index contributed by atoms with van der Waals surface area (Å²) in [7, 11) is 1.68. The van der Waals surface area contributed by atoms with Crippen LogP contribution in [0.25, 0.3) is 10.8 Å². The molecule has 0 atom stereocenters. The highest BCUT2D eigenvalue weighted by molar-refractivity contribution is 5.83. The molecule has 2 heteroatoms. The third-order valence-corrected chi connectivity index (χ3v) is 2.70. The van der Waals surface area contributed by atoms with Crippen molar-refractivity contribution in [1.82, 2.24) is 4.98 Å². The molecule has 1 aromatic heterocycles. The lowest BCUT2D eigenvalue weighted by molar-refractivity contribution is 0.415. The molecule has 0 saturated carbocycles. The molecule has 0 radical (unpaired) electrons. The van der Waals surface area contributed by atoms with E-state index < -0.39 is 0 Å². The lowest BCUT2D eigenvalue weighted by Crippen LogP contribution is -2.12. The van der Waals surface area contributed by atoms with Crippen molar-refractivity contribution >= 4 is 10.8 Å². The Morgan fingerprint density at radius 2 is 1.81 bits per heavy atom. The lowest BCUT2D eigenvalue weighted by atomic mass is 9.91. The average molecular weight is 215 g/mol. The molecule has 0 bridgehead atoms. The topological polar surface area (TPSA) is 22.1 Å². The van der Waals surface area contributed by atoms with Gasteiger partial charge in [-0.05, 0) is 23.6 Å². The second-order valence-corrected chi connectivity index (χ2v) is 5.03. The minimum Gasteiger partial charge on any atom is -0.497 e. The molecule has 0 aliphatic carbocycles. The Bertz CT molecular complexity index is 512. The third kappa shape index (κ3) is 2.01. The molecule has 0 aliphatic rings. The number of rotatable bonds is 1. The molecular weight excluding hydrogens is 198 g/mol. The van der Waals surface area contributed by atoms with E-state index in [9.17, 15) is 0 Å². The zero-order valence-corrected chi connectivity index (χ0v) is 10.2. The summed E-state index contributed by atoms with van der Waals surface area (Å²) in [4.78, 5) is 4.50. The Labute approximate surface area is 96.3 Å². The van der Waals surface area contributed by atoms with Gasteiger partial charge in [-0.1, -0.05) is 26.8 Å². The van der Waals surface area contributed by atoms with E-state index in [1.165, 1.54) is 5.39 Å². The fraction of sp³-hybridized carbons (Fsp3) is 0.357. The van der Waals surface area contributed by atoms with Crippen molar-refractivity contribution in [2.75, 3.05) is 7.11 Å². The number of hydrogen-bond donors (Lipinski definition) is 0. The Hall–Kier alpha value is -1.57. The zero-order chi connectivity index (χ0) is 11.8. The molecule has 0 unspecified atom stereocenters. The normalized spacial score (nSPS) is 11.8. The fourth-order valence-electron chi connectivity index (χ4n) is 1.66. The monoisotopic (exact) mass is 215 g/mol.